The number of aryl methyl sites for hydroxylation is 2. The number of carbonyl (C=O) groups excluding carboxylic acids is 1. The molecule has 0 saturated carbocycles. The molecule has 0 unspecified atom stereocenters. The lowest BCUT2D eigenvalue weighted by molar-refractivity contribution is 0.101. The Kier molecular flexibility index (Phi) is 4.53. The molecule has 29 heavy (non-hydrogen) atoms. The number of anilines is 1. The normalized spacial score (nSPS) is 11.8. The number of nitrogens with one attached hydrogen (secondary N) is 1. The molecule has 0 radical (unpaired) electrons. The second kappa shape index (κ2) is 6.92. The molecule has 0 bridgehead atoms. The number of amides is 1. The van der Waals surface area contributed by atoms with Crippen LogP contribution in [-0.4, -0.2) is 20.3 Å². The van der Waals surface area contributed by atoms with Crippen molar-refractivity contribution in [2.24, 2.45) is 7.05 Å². The summed E-state index contributed by atoms with van der Waals surface area (Å²) in [5, 5.41) is 8.23. The first kappa shape index (κ1) is 19.0. The van der Waals surface area contributed by atoms with E-state index in [9.17, 15) is 4.79 Å². The lowest BCUT2D eigenvalue weighted by Gasteiger charge is -2.26. The maximum Gasteiger partial charge on any atom is 0.273 e. The fourth-order valence-electron chi connectivity index (χ4n) is 3.85. The van der Waals surface area contributed by atoms with Crippen LogP contribution < -0.4 is 5.32 Å². The van der Waals surface area contributed by atoms with Crippen LogP contribution in [0.15, 0.2) is 60.8 Å². The summed E-state index contributed by atoms with van der Waals surface area (Å²) in [5.41, 5.74) is 5.91. The van der Waals surface area contributed by atoms with Gasteiger partial charge in [0.15, 0.2) is 0 Å². The third kappa shape index (κ3) is 3.44. The molecule has 0 atom stereocenters. The molecule has 0 aliphatic heterocycles. The summed E-state index contributed by atoms with van der Waals surface area (Å²) in [6.45, 7) is 8.75. The Balaban J connectivity index is 1.83. The molecular weight excluding hydrogens is 360 g/mol. The van der Waals surface area contributed by atoms with Gasteiger partial charge in [0, 0.05) is 41.1 Å². The summed E-state index contributed by atoms with van der Waals surface area (Å²) < 4.78 is 3.92. The molecule has 5 heteroatoms. The molecule has 5 nitrogen and oxygen atoms in total. The first-order valence-corrected chi connectivity index (χ1v) is 9.77. The van der Waals surface area contributed by atoms with Crippen molar-refractivity contribution in [2.75, 3.05) is 5.32 Å². The van der Waals surface area contributed by atoms with Crippen LogP contribution in [0.4, 0.5) is 5.69 Å². The van der Waals surface area contributed by atoms with E-state index in [2.05, 4.69) is 85.1 Å². The number of nitrogens with zero attached hydrogens (tertiary/aromatic N) is 3. The predicted molar refractivity (Wildman–Crippen MR) is 118 cm³/mol. The van der Waals surface area contributed by atoms with E-state index in [0.29, 0.717) is 5.69 Å². The van der Waals surface area contributed by atoms with Gasteiger partial charge in [0.05, 0.1) is 5.52 Å². The second-order valence-electron chi connectivity index (χ2n) is 8.42. The Hall–Kier alpha value is -3.34. The number of aromatic nitrogens is 3. The van der Waals surface area contributed by atoms with Gasteiger partial charge in [-0.15, -0.1) is 0 Å². The monoisotopic (exact) mass is 386 g/mol. The van der Waals surface area contributed by atoms with Crippen LogP contribution in [0.1, 0.15) is 36.8 Å². The van der Waals surface area contributed by atoms with Crippen molar-refractivity contribution in [3.8, 4) is 11.3 Å². The van der Waals surface area contributed by atoms with Crippen molar-refractivity contribution in [2.45, 2.75) is 33.2 Å². The van der Waals surface area contributed by atoms with Gasteiger partial charge in [-0.2, -0.15) is 5.10 Å². The molecule has 4 aromatic rings. The van der Waals surface area contributed by atoms with Crippen LogP contribution >= 0.6 is 0 Å². The van der Waals surface area contributed by atoms with Gasteiger partial charge in [-0.1, -0.05) is 30.3 Å². The molecule has 0 saturated heterocycles. The molecule has 0 spiro atoms. The van der Waals surface area contributed by atoms with Gasteiger partial charge < -0.3 is 9.88 Å². The first-order chi connectivity index (χ1) is 13.8. The second-order valence-corrected chi connectivity index (χ2v) is 8.42. The Morgan fingerprint density at radius 3 is 2.45 bits per heavy atom. The third-order valence-corrected chi connectivity index (χ3v) is 5.21. The SMILES string of the molecule is Cc1ccccc1-c1cc2ccc(NC(=O)c3ccnn3C)cc2n1C(C)(C)C. The predicted octanol–water partition coefficient (Wildman–Crippen LogP) is 5.36. The van der Waals surface area contributed by atoms with E-state index in [1.54, 1.807) is 24.0 Å². The van der Waals surface area contributed by atoms with Crippen molar-refractivity contribution in [1.82, 2.24) is 14.3 Å². The highest BCUT2D eigenvalue weighted by Gasteiger charge is 2.22. The summed E-state index contributed by atoms with van der Waals surface area (Å²) in [4.78, 5) is 12.6. The Morgan fingerprint density at radius 1 is 1.03 bits per heavy atom. The van der Waals surface area contributed by atoms with E-state index in [1.807, 2.05) is 6.07 Å². The van der Waals surface area contributed by atoms with Gasteiger partial charge in [0.2, 0.25) is 0 Å². The average molecular weight is 386 g/mol. The molecule has 2 aromatic heterocycles. The Bertz CT molecular complexity index is 1210. The smallest absolute Gasteiger partial charge is 0.273 e. The average Bonchev–Trinajstić information content (AvgIpc) is 3.24. The minimum absolute atomic E-state index is 0.121. The zero-order valence-corrected chi connectivity index (χ0v) is 17.5. The Labute approximate surface area is 171 Å². The van der Waals surface area contributed by atoms with Gasteiger partial charge >= 0.3 is 0 Å². The van der Waals surface area contributed by atoms with Crippen LogP contribution in [0.2, 0.25) is 0 Å². The lowest BCUT2D eigenvalue weighted by Crippen LogP contribution is -2.22. The quantitative estimate of drug-likeness (QED) is 0.515. The van der Waals surface area contributed by atoms with Gasteiger partial charge in [-0.25, -0.2) is 0 Å². The number of rotatable bonds is 3. The van der Waals surface area contributed by atoms with E-state index >= 15 is 0 Å². The number of fused-ring (bicyclic) bond motifs is 1. The molecule has 1 amide bonds. The summed E-state index contributed by atoms with van der Waals surface area (Å²) in [6, 6.07) is 18.5. The van der Waals surface area contributed by atoms with Crippen molar-refractivity contribution in [3.05, 3.63) is 72.1 Å². The standard InChI is InChI=1S/C24H26N4O/c1-16-8-6-7-9-19(16)22-14-17-10-11-18(15-21(17)28(22)24(2,3)4)26-23(29)20-12-13-25-27(20)5/h6-15H,1-5H3,(H,26,29). The van der Waals surface area contributed by atoms with Crippen LogP contribution in [0.25, 0.3) is 22.2 Å². The molecule has 2 aromatic carbocycles. The van der Waals surface area contributed by atoms with Crippen LogP contribution in [0.3, 0.4) is 0 Å². The van der Waals surface area contributed by atoms with Crippen molar-refractivity contribution < 1.29 is 4.79 Å². The van der Waals surface area contributed by atoms with Gasteiger partial charge in [-0.05, 0) is 57.5 Å². The molecule has 2 heterocycles. The van der Waals surface area contributed by atoms with Gasteiger partial charge in [0.25, 0.3) is 5.91 Å². The van der Waals surface area contributed by atoms with Crippen LogP contribution in [0.5, 0.6) is 0 Å². The number of carbonyl (C=O) groups is 1. The maximum atomic E-state index is 12.6. The highest BCUT2D eigenvalue weighted by Crippen LogP contribution is 2.36. The van der Waals surface area contributed by atoms with E-state index in [4.69, 9.17) is 0 Å². The zero-order valence-electron chi connectivity index (χ0n) is 17.5. The highest BCUT2D eigenvalue weighted by atomic mass is 16.2. The van der Waals surface area contributed by atoms with E-state index < -0.39 is 0 Å². The van der Waals surface area contributed by atoms with Crippen molar-refractivity contribution in [3.63, 3.8) is 0 Å². The van der Waals surface area contributed by atoms with Gasteiger partial charge in [0.1, 0.15) is 5.69 Å². The molecule has 1 N–H and O–H groups in total. The summed E-state index contributed by atoms with van der Waals surface area (Å²) >= 11 is 0. The third-order valence-electron chi connectivity index (χ3n) is 5.21. The lowest BCUT2D eigenvalue weighted by atomic mass is 10.0. The van der Waals surface area contributed by atoms with Gasteiger partial charge in [-0.3, -0.25) is 9.48 Å². The minimum Gasteiger partial charge on any atom is -0.335 e. The van der Waals surface area contributed by atoms with E-state index in [0.717, 1.165) is 16.6 Å². The summed E-state index contributed by atoms with van der Waals surface area (Å²) in [7, 11) is 1.76. The minimum atomic E-state index is -0.169. The van der Waals surface area contributed by atoms with E-state index in [1.165, 1.54) is 16.8 Å². The van der Waals surface area contributed by atoms with E-state index in [-0.39, 0.29) is 11.4 Å². The highest BCUT2D eigenvalue weighted by molar-refractivity contribution is 6.04. The number of benzene rings is 2. The number of hydrogen-bond donors (Lipinski definition) is 1. The molecule has 0 fully saturated rings. The largest absolute Gasteiger partial charge is 0.335 e. The fraction of sp³-hybridized carbons (Fsp3) is 0.250. The maximum absolute atomic E-state index is 12.6. The van der Waals surface area contributed by atoms with Crippen LogP contribution in [-0.2, 0) is 12.6 Å². The molecule has 148 valence electrons. The fourth-order valence-corrected chi connectivity index (χ4v) is 3.85. The summed E-state index contributed by atoms with van der Waals surface area (Å²) in [5.74, 6) is -0.169. The number of hydrogen-bond acceptors (Lipinski definition) is 2. The first-order valence-electron chi connectivity index (χ1n) is 9.77. The molecule has 0 aliphatic rings. The zero-order chi connectivity index (χ0) is 20.8. The van der Waals surface area contributed by atoms with Crippen LogP contribution in [0, 0.1) is 6.92 Å². The molecule has 4 rings (SSSR count). The molecular formula is C24H26N4O. The topological polar surface area (TPSA) is 51.9 Å². The Morgan fingerprint density at radius 2 is 1.79 bits per heavy atom. The van der Waals surface area contributed by atoms with Crippen molar-refractivity contribution in [1.29, 1.82) is 0 Å². The summed E-state index contributed by atoms with van der Waals surface area (Å²) in [6.07, 6.45) is 1.62. The van der Waals surface area contributed by atoms with Crippen molar-refractivity contribution >= 4 is 22.5 Å². The molecule has 0 aliphatic carbocycles.